The Hall–Kier alpha value is -1.08. The fourth-order valence-electron chi connectivity index (χ4n) is 2.66. The highest BCUT2D eigenvalue weighted by Gasteiger charge is 2.20. The molecule has 0 saturated carbocycles. The summed E-state index contributed by atoms with van der Waals surface area (Å²) in [6.07, 6.45) is 3.41. The van der Waals surface area contributed by atoms with Gasteiger partial charge in [-0.05, 0) is 30.5 Å². The van der Waals surface area contributed by atoms with E-state index in [0.717, 1.165) is 42.4 Å². The molecule has 0 fully saturated rings. The zero-order valence-corrected chi connectivity index (χ0v) is 16.3. The number of carbonyl (C=O) groups excluding carboxylic acids is 1. The molecular weight excluding hydrogens is 362 g/mol. The van der Waals surface area contributed by atoms with E-state index in [9.17, 15) is 4.79 Å². The van der Waals surface area contributed by atoms with Crippen LogP contribution in [0, 0.1) is 0 Å². The quantitative estimate of drug-likeness (QED) is 0.796. The van der Waals surface area contributed by atoms with E-state index in [2.05, 4.69) is 34.3 Å². The maximum Gasteiger partial charge on any atom is 0.230 e. The van der Waals surface area contributed by atoms with Gasteiger partial charge in [0.15, 0.2) is 5.13 Å². The molecule has 1 aliphatic heterocycles. The van der Waals surface area contributed by atoms with Gasteiger partial charge in [0.1, 0.15) is 0 Å². The van der Waals surface area contributed by atoms with Gasteiger partial charge in [0.05, 0.1) is 12.1 Å². The molecule has 0 radical (unpaired) electrons. The van der Waals surface area contributed by atoms with Gasteiger partial charge in [-0.2, -0.15) is 0 Å². The minimum atomic E-state index is 0. The number of fused-ring (bicyclic) bond motifs is 1. The Balaban J connectivity index is 0.00000208. The van der Waals surface area contributed by atoms with E-state index in [1.165, 1.54) is 9.77 Å². The molecule has 3 rings (SSSR count). The number of rotatable bonds is 5. The topological polar surface area (TPSA) is 45.2 Å². The normalized spacial score (nSPS) is 13.9. The van der Waals surface area contributed by atoms with Crippen molar-refractivity contribution in [2.75, 3.05) is 24.7 Å². The molecule has 130 valence electrons. The minimum absolute atomic E-state index is 0. The predicted molar refractivity (Wildman–Crippen MR) is 105 cm³/mol. The number of likely N-dealkylation sites (N-methyl/N-ethyl adjacent to an activating group) is 1. The first kappa shape index (κ1) is 19.2. The lowest BCUT2D eigenvalue weighted by Gasteiger charge is -2.23. The summed E-state index contributed by atoms with van der Waals surface area (Å²) in [6.45, 7) is 5.25. The van der Waals surface area contributed by atoms with Crippen LogP contribution in [-0.4, -0.2) is 35.1 Å². The highest BCUT2D eigenvalue weighted by Crippen LogP contribution is 2.28. The number of carbonyl (C=O) groups is 1. The highest BCUT2D eigenvalue weighted by molar-refractivity contribution is 7.98. The second-order valence-electron chi connectivity index (χ2n) is 5.58. The molecule has 1 amide bonds. The molecule has 4 nitrogen and oxygen atoms in total. The van der Waals surface area contributed by atoms with Crippen LogP contribution in [0.1, 0.15) is 23.1 Å². The Morgan fingerprint density at radius 1 is 1.38 bits per heavy atom. The first-order valence-electron chi connectivity index (χ1n) is 7.81. The lowest BCUT2D eigenvalue weighted by atomic mass is 10.1. The fraction of sp³-hybridized carbons (Fsp3) is 0.412. The highest BCUT2D eigenvalue weighted by atomic mass is 35.5. The van der Waals surface area contributed by atoms with E-state index < -0.39 is 0 Å². The second kappa shape index (κ2) is 8.85. The fourth-order valence-corrected chi connectivity index (χ4v) is 4.14. The van der Waals surface area contributed by atoms with Crippen molar-refractivity contribution in [3.8, 4) is 0 Å². The molecule has 0 bridgehead atoms. The van der Waals surface area contributed by atoms with Crippen LogP contribution in [0.25, 0.3) is 0 Å². The van der Waals surface area contributed by atoms with Crippen molar-refractivity contribution in [3.63, 3.8) is 0 Å². The van der Waals surface area contributed by atoms with Crippen LogP contribution >= 0.6 is 35.5 Å². The Bertz CT molecular complexity index is 688. The number of hydrogen-bond donors (Lipinski definition) is 1. The van der Waals surface area contributed by atoms with Gasteiger partial charge in [-0.1, -0.05) is 19.1 Å². The van der Waals surface area contributed by atoms with Gasteiger partial charge in [-0.3, -0.25) is 9.69 Å². The summed E-state index contributed by atoms with van der Waals surface area (Å²) < 4.78 is 0. The summed E-state index contributed by atoms with van der Waals surface area (Å²) in [5.74, 6) is 0.000320. The summed E-state index contributed by atoms with van der Waals surface area (Å²) in [6, 6.07) is 8.12. The lowest BCUT2D eigenvalue weighted by Crippen LogP contribution is -2.29. The number of amides is 1. The largest absolute Gasteiger partial charge is 0.302 e. The first-order valence-corrected chi connectivity index (χ1v) is 9.85. The van der Waals surface area contributed by atoms with E-state index in [0.29, 0.717) is 6.42 Å². The molecule has 1 aromatic heterocycles. The number of anilines is 1. The molecule has 0 spiro atoms. The summed E-state index contributed by atoms with van der Waals surface area (Å²) in [7, 11) is 0. The van der Waals surface area contributed by atoms with Crippen molar-refractivity contribution < 1.29 is 4.79 Å². The third-order valence-electron chi connectivity index (χ3n) is 4.03. The van der Waals surface area contributed by atoms with Crippen LogP contribution in [-0.2, 0) is 24.2 Å². The Kier molecular flexibility index (Phi) is 7.10. The molecule has 1 N–H and O–H groups in total. The maximum absolute atomic E-state index is 12.2. The Morgan fingerprint density at radius 2 is 2.12 bits per heavy atom. The number of aromatic nitrogens is 1. The van der Waals surface area contributed by atoms with Gasteiger partial charge in [0.25, 0.3) is 0 Å². The van der Waals surface area contributed by atoms with Gasteiger partial charge < -0.3 is 5.32 Å². The monoisotopic (exact) mass is 383 g/mol. The molecule has 24 heavy (non-hydrogen) atoms. The van der Waals surface area contributed by atoms with Crippen molar-refractivity contribution in [1.82, 2.24) is 9.88 Å². The van der Waals surface area contributed by atoms with Crippen LogP contribution in [0.15, 0.2) is 29.2 Å². The number of halogens is 1. The SMILES string of the molecule is CCN1CCc2nc(NC(=O)Cc3ccc(SC)cc3)sc2C1.Cl. The molecule has 0 aliphatic carbocycles. The van der Waals surface area contributed by atoms with Gasteiger partial charge >= 0.3 is 0 Å². The van der Waals surface area contributed by atoms with Gasteiger partial charge in [0.2, 0.25) is 5.91 Å². The van der Waals surface area contributed by atoms with Crippen LogP contribution in [0.3, 0.4) is 0 Å². The number of thiazole rings is 1. The summed E-state index contributed by atoms with van der Waals surface area (Å²) >= 11 is 3.31. The van der Waals surface area contributed by atoms with E-state index in [1.54, 1.807) is 23.1 Å². The third-order valence-corrected chi connectivity index (χ3v) is 5.77. The molecule has 1 aliphatic rings. The van der Waals surface area contributed by atoms with Gasteiger partial charge in [-0.15, -0.1) is 35.5 Å². The number of thioether (sulfide) groups is 1. The number of hydrogen-bond acceptors (Lipinski definition) is 5. The molecule has 0 atom stereocenters. The zero-order chi connectivity index (χ0) is 16.2. The Labute approximate surface area is 157 Å². The maximum atomic E-state index is 12.2. The number of benzene rings is 1. The van der Waals surface area contributed by atoms with Crippen LogP contribution < -0.4 is 5.32 Å². The van der Waals surface area contributed by atoms with Crippen LogP contribution in [0.4, 0.5) is 5.13 Å². The molecule has 1 aromatic carbocycles. The van der Waals surface area contributed by atoms with E-state index >= 15 is 0 Å². The summed E-state index contributed by atoms with van der Waals surface area (Å²) in [5, 5.41) is 3.69. The summed E-state index contributed by atoms with van der Waals surface area (Å²) in [4.78, 5) is 21.7. The van der Waals surface area contributed by atoms with Crippen molar-refractivity contribution >= 4 is 46.5 Å². The predicted octanol–water partition coefficient (Wildman–Crippen LogP) is 3.85. The number of nitrogens with one attached hydrogen (secondary N) is 1. The van der Waals surface area contributed by atoms with Crippen LogP contribution in [0.5, 0.6) is 0 Å². The molecule has 2 aromatic rings. The second-order valence-corrected chi connectivity index (χ2v) is 7.54. The zero-order valence-electron chi connectivity index (χ0n) is 13.9. The first-order chi connectivity index (χ1) is 11.2. The minimum Gasteiger partial charge on any atom is -0.302 e. The molecule has 7 heteroatoms. The van der Waals surface area contributed by atoms with E-state index in [4.69, 9.17) is 0 Å². The van der Waals surface area contributed by atoms with Gasteiger partial charge in [-0.25, -0.2) is 4.98 Å². The van der Waals surface area contributed by atoms with Crippen molar-refractivity contribution in [2.24, 2.45) is 0 Å². The smallest absolute Gasteiger partial charge is 0.230 e. The summed E-state index contributed by atoms with van der Waals surface area (Å²) in [5.41, 5.74) is 2.18. The lowest BCUT2D eigenvalue weighted by molar-refractivity contribution is -0.115. The van der Waals surface area contributed by atoms with Crippen molar-refractivity contribution in [3.05, 3.63) is 40.4 Å². The van der Waals surface area contributed by atoms with Crippen molar-refractivity contribution in [2.45, 2.75) is 31.2 Å². The molecule has 0 unspecified atom stereocenters. The molecule has 2 heterocycles. The van der Waals surface area contributed by atoms with Crippen LogP contribution in [0.2, 0.25) is 0 Å². The molecular formula is C17H22ClN3OS2. The average Bonchev–Trinajstić information content (AvgIpc) is 2.96. The number of nitrogens with zero attached hydrogens (tertiary/aromatic N) is 2. The standard InChI is InChI=1S/C17H21N3OS2.ClH/c1-3-20-9-8-14-15(11-20)23-17(18-14)19-16(21)10-12-4-6-13(22-2)7-5-12;/h4-7H,3,8-11H2,1-2H3,(H,18,19,21);1H. The van der Waals surface area contributed by atoms with Crippen molar-refractivity contribution in [1.29, 1.82) is 0 Å². The van der Waals surface area contributed by atoms with Gasteiger partial charge in [0, 0.05) is 29.3 Å². The third kappa shape index (κ3) is 4.72. The Morgan fingerprint density at radius 3 is 2.79 bits per heavy atom. The van der Waals surface area contributed by atoms with E-state index in [-0.39, 0.29) is 18.3 Å². The van der Waals surface area contributed by atoms with E-state index in [1.807, 2.05) is 18.4 Å². The average molecular weight is 384 g/mol. The molecule has 0 saturated heterocycles.